The van der Waals surface area contributed by atoms with Gasteiger partial charge in [0.15, 0.2) is 0 Å². The lowest BCUT2D eigenvalue weighted by molar-refractivity contribution is 0.0726. The Balaban J connectivity index is 2.04. The van der Waals surface area contributed by atoms with Crippen LogP contribution in [0.1, 0.15) is 25.5 Å². The summed E-state index contributed by atoms with van der Waals surface area (Å²) in [5.74, 6) is 0.751. The summed E-state index contributed by atoms with van der Waals surface area (Å²) in [7, 11) is 0. The molecular formula is C14H12O4. The molecule has 0 saturated carbocycles. The van der Waals surface area contributed by atoms with Crippen LogP contribution in [0.25, 0.3) is 11.0 Å². The molecule has 2 aromatic rings. The van der Waals surface area contributed by atoms with Gasteiger partial charge in [0.1, 0.15) is 29.1 Å². The minimum atomic E-state index is -0.349. The van der Waals surface area contributed by atoms with E-state index in [-0.39, 0.29) is 23.4 Å². The topological polar surface area (TPSA) is 52.0 Å². The third-order valence-corrected chi connectivity index (χ3v) is 3.62. The van der Waals surface area contributed by atoms with Crippen molar-refractivity contribution in [1.82, 2.24) is 0 Å². The van der Waals surface area contributed by atoms with Gasteiger partial charge in [-0.2, -0.15) is 0 Å². The maximum absolute atomic E-state index is 11.4. The average molecular weight is 244 g/mol. The molecule has 92 valence electrons. The molecule has 0 aliphatic carbocycles. The summed E-state index contributed by atoms with van der Waals surface area (Å²) < 4.78 is 16.9. The maximum atomic E-state index is 11.4. The fourth-order valence-electron chi connectivity index (χ4n) is 2.70. The first-order valence-corrected chi connectivity index (χ1v) is 5.97. The normalized spacial score (nSPS) is 27.2. The van der Waals surface area contributed by atoms with Gasteiger partial charge in [0.05, 0.1) is 5.56 Å². The molecule has 4 rings (SSSR count). The van der Waals surface area contributed by atoms with Gasteiger partial charge >= 0.3 is 5.63 Å². The van der Waals surface area contributed by atoms with Crippen molar-refractivity contribution in [3.05, 3.63) is 40.2 Å². The molecule has 0 bridgehead atoms. The second-order valence-electron chi connectivity index (χ2n) is 5.33. The van der Waals surface area contributed by atoms with Crippen LogP contribution in [0.2, 0.25) is 0 Å². The Morgan fingerprint density at radius 1 is 1.17 bits per heavy atom. The minimum Gasteiger partial charge on any atom is -0.484 e. The molecule has 18 heavy (non-hydrogen) atoms. The summed E-state index contributed by atoms with van der Waals surface area (Å²) in [5, 5.41) is 0.894. The lowest BCUT2D eigenvalue weighted by atomic mass is 9.93. The van der Waals surface area contributed by atoms with Gasteiger partial charge in [0.25, 0.3) is 0 Å². The maximum Gasteiger partial charge on any atom is 0.336 e. The lowest BCUT2D eigenvalue weighted by Crippen LogP contribution is -2.37. The molecular weight excluding hydrogens is 232 g/mol. The van der Waals surface area contributed by atoms with E-state index >= 15 is 0 Å². The smallest absolute Gasteiger partial charge is 0.336 e. The molecule has 1 saturated heterocycles. The van der Waals surface area contributed by atoms with E-state index in [1.54, 1.807) is 6.07 Å². The van der Waals surface area contributed by atoms with Crippen molar-refractivity contribution in [2.45, 2.75) is 31.7 Å². The van der Waals surface area contributed by atoms with Crippen molar-refractivity contribution in [3.63, 3.8) is 0 Å². The Labute approximate surface area is 103 Å². The van der Waals surface area contributed by atoms with Crippen LogP contribution < -0.4 is 10.4 Å². The second kappa shape index (κ2) is 2.95. The number of hydrogen-bond acceptors (Lipinski definition) is 4. The molecule has 1 fully saturated rings. The second-order valence-corrected chi connectivity index (χ2v) is 5.33. The van der Waals surface area contributed by atoms with Crippen LogP contribution in [-0.2, 0) is 4.74 Å². The minimum absolute atomic E-state index is 0.0157. The number of hydrogen-bond donors (Lipinski definition) is 0. The highest BCUT2D eigenvalue weighted by atomic mass is 16.6. The first-order chi connectivity index (χ1) is 8.56. The Morgan fingerprint density at radius 2 is 1.94 bits per heavy atom. The molecule has 1 aromatic carbocycles. The summed E-state index contributed by atoms with van der Waals surface area (Å²) >= 11 is 0. The van der Waals surface area contributed by atoms with E-state index in [1.165, 1.54) is 6.07 Å². The highest BCUT2D eigenvalue weighted by Crippen LogP contribution is 2.55. The Morgan fingerprint density at radius 3 is 2.78 bits per heavy atom. The number of benzene rings is 1. The van der Waals surface area contributed by atoms with Crippen molar-refractivity contribution in [1.29, 1.82) is 0 Å². The average Bonchev–Trinajstić information content (AvgIpc) is 3.08. The van der Waals surface area contributed by atoms with Crippen LogP contribution in [0.5, 0.6) is 5.75 Å². The van der Waals surface area contributed by atoms with Gasteiger partial charge in [0, 0.05) is 11.5 Å². The Hall–Kier alpha value is -1.81. The molecule has 2 atom stereocenters. The van der Waals surface area contributed by atoms with E-state index < -0.39 is 0 Å². The molecule has 0 spiro atoms. The van der Waals surface area contributed by atoms with E-state index in [1.807, 2.05) is 26.0 Å². The largest absolute Gasteiger partial charge is 0.484 e. The molecule has 4 nitrogen and oxygen atoms in total. The molecule has 4 heteroatoms. The van der Waals surface area contributed by atoms with Crippen molar-refractivity contribution in [2.75, 3.05) is 0 Å². The van der Waals surface area contributed by atoms with Gasteiger partial charge in [-0.15, -0.1) is 0 Å². The number of ether oxygens (including phenoxy) is 2. The monoisotopic (exact) mass is 244 g/mol. The van der Waals surface area contributed by atoms with Crippen LogP contribution in [-0.4, -0.2) is 11.7 Å². The molecule has 3 heterocycles. The Kier molecular flexibility index (Phi) is 1.66. The van der Waals surface area contributed by atoms with Crippen LogP contribution in [0.3, 0.4) is 0 Å². The first-order valence-electron chi connectivity index (χ1n) is 5.97. The molecule has 2 aliphatic rings. The Bertz CT molecular complexity index is 713. The van der Waals surface area contributed by atoms with Crippen molar-refractivity contribution in [3.8, 4) is 5.75 Å². The summed E-state index contributed by atoms with van der Waals surface area (Å²) in [5.41, 5.74) is 0.774. The number of fused-ring (bicyclic) bond motifs is 5. The van der Waals surface area contributed by atoms with Crippen molar-refractivity contribution >= 4 is 11.0 Å². The third kappa shape index (κ3) is 1.21. The first kappa shape index (κ1) is 10.1. The van der Waals surface area contributed by atoms with Crippen LogP contribution in [0.4, 0.5) is 0 Å². The van der Waals surface area contributed by atoms with Gasteiger partial charge in [-0.05, 0) is 32.0 Å². The summed E-state index contributed by atoms with van der Waals surface area (Å²) in [6.07, 6.45) is 0.0270. The van der Waals surface area contributed by atoms with E-state index in [2.05, 4.69) is 0 Å². The summed E-state index contributed by atoms with van der Waals surface area (Å²) in [6.45, 7) is 4.01. The van der Waals surface area contributed by atoms with Crippen LogP contribution in [0.15, 0.2) is 33.5 Å². The van der Waals surface area contributed by atoms with Crippen molar-refractivity contribution < 1.29 is 13.9 Å². The third-order valence-electron chi connectivity index (χ3n) is 3.62. The molecule has 2 unspecified atom stereocenters. The van der Waals surface area contributed by atoms with Gasteiger partial charge in [-0.1, -0.05) is 0 Å². The van der Waals surface area contributed by atoms with Crippen molar-refractivity contribution in [2.24, 2.45) is 0 Å². The molecule has 2 aliphatic heterocycles. The standard InChI is InChI=1S/C14H12O4/c1-14(2)13-12(17-13)10-8(18-14)5-3-7-4-6-9(15)16-11(7)10/h3-6,12-13H,1-2H3. The van der Waals surface area contributed by atoms with E-state index in [0.717, 1.165) is 16.7 Å². The number of epoxide rings is 1. The lowest BCUT2D eigenvalue weighted by Gasteiger charge is -2.29. The van der Waals surface area contributed by atoms with E-state index in [9.17, 15) is 4.79 Å². The van der Waals surface area contributed by atoms with Crippen LogP contribution >= 0.6 is 0 Å². The molecule has 0 radical (unpaired) electrons. The van der Waals surface area contributed by atoms with E-state index in [4.69, 9.17) is 13.9 Å². The molecule has 0 amide bonds. The van der Waals surface area contributed by atoms with Gasteiger partial charge < -0.3 is 13.9 Å². The predicted molar refractivity (Wildman–Crippen MR) is 64.8 cm³/mol. The summed E-state index contributed by atoms with van der Waals surface area (Å²) in [4.78, 5) is 11.4. The fraction of sp³-hybridized carbons (Fsp3) is 0.357. The highest BCUT2D eigenvalue weighted by Gasteiger charge is 2.57. The van der Waals surface area contributed by atoms with Gasteiger partial charge in [-0.3, -0.25) is 0 Å². The zero-order valence-electron chi connectivity index (χ0n) is 10.1. The fourth-order valence-corrected chi connectivity index (χ4v) is 2.70. The molecule has 1 aromatic heterocycles. The quantitative estimate of drug-likeness (QED) is 0.527. The number of rotatable bonds is 0. The zero-order valence-corrected chi connectivity index (χ0v) is 10.1. The predicted octanol–water partition coefficient (Wildman–Crippen LogP) is 2.40. The SMILES string of the molecule is CC1(C)Oc2ccc3ccc(=O)oc3c2C2OC21. The van der Waals surface area contributed by atoms with Gasteiger partial charge in [-0.25, -0.2) is 4.79 Å². The van der Waals surface area contributed by atoms with Crippen LogP contribution in [0, 0.1) is 0 Å². The van der Waals surface area contributed by atoms with E-state index in [0.29, 0.717) is 5.58 Å². The zero-order chi connectivity index (χ0) is 12.5. The van der Waals surface area contributed by atoms with Gasteiger partial charge in [0.2, 0.25) is 0 Å². The summed E-state index contributed by atoms with van der Waals surface area (Å²) in [6, 6.07) is 7.00. The molecule has 0 N–H and O–H groups in total. The highest BCUT2D eigenvalue weighted by molar-refractivity contribution is 5.83.